The molecule has 1 aromatic heterocycles. The molecule has 2 amide bonds. The summed E-state index contributed by atoms with van der Waals surface area (Å²) in [7, 11) is 0. The lowest BCUT2D eigenvalue weighted by atomic mass is 10.00. The van der Waals surface area contributed by atoms with Gasteiger partial charge in [0.05, 0.1) is 16.0 Å². The van der Waals surface area contributed by atoms with Gasteiger partial charge >= 0.3 is 0 Å². The van der Waals surface area contributed by atoms with Crippen molar-refractivity contribution in [3.05, 3.63) is 44.6 Å². The molecule has 0 unspecified atom stereocenters. The molecule has 1 saturated heterocycles. The van der Waals surface area contributed by atoms with Crippen LogP contribution in [0.4, 0.5) is 5.69 Å². The molecule has 4 rings (SSSR count). The number of carbonyl (C=O) groups is 2. The third kappa shape index (κ3) is 3.50. The third-order valence-corrected chi connectivity index (χ3v) is 6.34. The lowest BCUT2D eigenvalue weighted by Gasteiger charge is -2.34. The van der Waals surface area contributed by atoms with Gasteiger partial charge in [0, 0.05) is 24.0 Å². The van der Waals surface area contributed by atoms with Crippen LogP contribution < -0.4 is 10.1 Å². The number of anilines is 1. The minimum absolute atomic E-state index is 0.0749. The molecule has 1 aromatic carbocycles. The van der Waals surface area contributed by atoms with Crippen molar-refractivity contribution in [2.75, 3.05) is 18.5 Å². The summed E-state index contributed by atoms with van der Waals surface area (Å²) in [6.45, 7) is 1.30. The Labute approximate surface area is 164 Å². The van der Waals surface area contributed by atoms with Crippen LogP contribution in [0.5, 0.6) is 5.75 Å². The predicted molar refractivity (Wildman–Crippen MR) is 105 cm³/mol. The highest BCUT2D eigenvalue weighted by atomic mass is 79.9. The van der Waals surface area contributed by atoms with Gasteiger partial charge in [0.25, 0.3) is 5.91 Å². The molecule has 3 heterocycles. The van der Waals surface area contributed by atoms with Crippen molar-refractivity contribution in [3.8, 4) is 5.75 Å². The summed E-state index contributed by atoms with van der Waals surface area (Å²) in [6.07, 6.45) is 3.43. The molecule has 136 valence electrons. The van der Waals surface area contributed by atoms with Crippen LogP contribution in [0.15, 0.2) is 33.4 Å². The number of fused-ring (bicyclic) bond motifs is 1. The molecule has 1 fully saturated rings. The largest absolute Gasteiger partial charge is 0.493 e. The van der Waals surface area contributed by atoms with E-state index in [1.54, 1.807) is 4.90 Å². The Hall–Kier alpha value is -1.86. The average molecular weight is 435 g/mol. The zero-order valence-corrected chi connectivity index (χ0v) is 16.6. The fourth-order valence-corrected chi connectivity index (χ4v) is 4.66. The number of nitrogens with zero attached hydrogens (tertiary/aromatic N) is 1. The number of thiophene rings is 1. The summed E-state index contributed by atoms with van der Waals surface area (Å²) >= 11 is 4.87. The topological polar surface area (TPSA) is 58.6 Å². The molecule has 2 aromatic rings. The number of rotatable bonds is 3. The van der Waals surface area contributed by atoms with Crippen molar-refractivity contribution in [1.29, 1.82) is 0 Å². The van der Waals surface area contributed by atoms with Gasteiger partial charge in [-0.3, -0.25) is 9.59 Å². The van der Waals surface area contributed by atoms with Crippen molar-refractivity contribution in [1.82, 2.24) is 4.90 Å². The maximum Gasteiger partial charge on any atom is 0.255 e. The standard InChI is InChI=1S/C19H19BrN2O3S/c20-17-10-13(11-26-17)19(24)22-7-2-1-3-15(22)18(23)21-14-4-5-16-12(9-14)6-8-25-16/h4-5,9-11,15H,1-3,6-8H2,(H,21,23)/t15-/m1/s1. The van der Waals surface area contributed by atoms with Crippen molar-refractivity contribution in [3.63, 3.8) is 0 Å². The number of likely N-dealkylation sites (tertiary alicyclic amines) is 1. The monoisotopic (exact) mass is 434 g/mol. The van der Waals surface area contributed by atoms with Crippen molar-refractivity contribution in [2.45, 2.75) is 31.7 Å². The highest BCUT2D eigenvalue weighted by molar-refractivity contribution is 9.11. The first-order valence-corrected chi connectivity index (χ1v) is 10.4. The first kappa shape index (κ1) is 17.5. The van der Waals surface area contributed by atoms with E-state index in [1.165, 1.54) is 11.3 Å². The van der Waals surface area contributed by atoms with E-state index < -0.39 is 6.04 Å². The van der Waals surface area contributed by atoms with E-state index in [9.17, 15) is 9.59 Å². The number of benzene rings is 1. The number of nitrogens with one attached hydrogen (secondary N) is 1. The fourth-order valence-electron chi connectivity index (χ4n) is 3.53. The van der Waals surface area contributed by atoms with Crippen molar-refractivity contribution in [2.24, 2.45) is 0 Å². The SMILES string of the molecule is O=C(Nc1ccc2c(c1)CCO2)[C@H]1CCCCN1C(=O)c1csc(Br)c1. The highest BCUT2D eigenvalue weighted by Crippen LogP contribution is 2.29. The molecule has 0 radical (unpaired) electrons. The van der Waals surface area contributed by atoms with Crippen LogP contribution in [0.25, 0.3) is 0 Å². The van der Waals surface area contributed by atoms with Crippen LogP contribution in [0.1, 0.15) is 35.2 Å². The molecule has 0 saturated carbocycles. The number of hydrogen-bond acceptors (Lipinski definition) is 4. The Morgan fingerprint density at radius 3 is 2.96 bits per heavy atom. The number of ether oxygens (including phenoxy) is 1. The lowest BCUT2D eigenvalue weighted by molar-refractivity contribution is -0.121. The molecule has 0 aliphatic carbocycles. The molecular formula is C19H19BrN2O3S. The normalized spacial score (nSPS) is 19.0. The van der Waals surface area contributed by atoms with Gasteiger partial charge < -0.3 is 15.0 Å². The van der Waals surface area contributed by atoms with E-state index >= 15 is 0 Å². The van der Waals surface area contributed by atoms with E-state index in [0.717, 1.165) is 40.0 Å². The molecule has 2 aliphatic heterocycles. The molecule has 2 aliphatic rings. The number of halogens is 1. The summed E-state index contributed by atoms with van der Waals surface area (Å²) < 4.78 is 6.42. The molecule has 7 heteroatoms. The first-order chi connectivity index (χ1) is 12.6. The maximum atomic E-state index is 12.9. The van der Waals surface area contributed by atoms with Gasteiger partial charge in [-0.15, -0.1) is 11.3 Å². The Morgan fingerprint density at radius 1 is 1.27 bits per heavy atom. The Balaban J connectivity index is 1.50. The van der Waals surface area contributed by atoms with Gasteiger partial charge in [0.2, 0.25) is 5.91 Å². The van der Waals surface area contributed by atoms with Crippen LogP contribution in [0, 0.1) is 0 Å². The predicted octanol–water partition coefficient (Wildman–Crippen LogP) is 4.08. The van der Waals surface area contributed by atoms with Crippen LogP contribution >= 0.6 is 27.3 Å². The van der Waals surface area contributed by atoms with Crippen LogP contribution in [-0.4, -0.2) is 35.9 Å². The molecule has 1 N–H and O–H groups in total. The summed E-state index contributed by atoms with van der Waals surface area (Å²) in [6, 6.07) is 7.10. The summed E-state index contributed by atoms with van der Waals surface area (Å²) in [5.41, 5.74) is 2.51. The molecule has 5 nitrogen and oxygen atoms in total. The number of amides is 2. The van der Waals surface area contributed by atoms with Crippen molar-refractivity contribution < 1.29 is 14.3 Å². The summed E-state index contributed by atoms with van der Waals surface area (Å²) in [4.78, 5) is 27.4. The molecule has 0 bridgehead atoms. The summed E-state index contributed by atoms with van der Waals surface area (Å²) in [5, 5.41) is 4.82. The summed E-state index contributed by atoms with van der Waals surface area (Å²) in [5.74, 6) is 0.695. The Morgan fingerprint density at radius 2 is 2.15 bits per heavy atom. The number of hydrogen-bond donors (Lipinski definition) is 1. The van der Waals surface area contributed by atoms with Crippen LogP contribution in [0.3, 0.4) is 0 Å². The van der Waals surface area contributed by atoms with Gasteiger partial charge in [-0.25, -0.2) is 0 Å². The molecular weight excluding hydrogens is 416 g/mol. The van der Waals surface area contributed by atoms with Gasteiger partial charge in [0.1, 0.15) is 11.8 Å². The van der Waals surface area contributed by atoms with E-state index in [-0.39, 0.29) is 11.8 Å². The highest BCUT2D eigenvalue weighted by Gasteiger charge is 2.33. The van der Waals surface area contributed by atoms with E-state index in [1.807, 2.05) is 29.6 Å². The van der Waals surface area contributed by atoms with Gasteiger partial charge in [-0.1, -0.05) is 0 Å². The van der Waals surface area contributed by atoms with Crippen molar-refractivity contribution >= 4 is 44.8 Å². The molecule has 26 heavy (non-hydrogen) atoms. The second-order valence-electron chi connectivity index (χ2n) is 6.56. The minimum atomic E-state index is -0.431. The van der Waals surface area contributed by atoms with E-state index in [0.29, 0.717) is 25.1 Å². The maximum absolute atomic E-state index is 12.9. The van der Waals surface area contributed by atoms with E-state index in [2.05, 4.69) is 21.2 Å². The zero-order valence-electron chi connectivity index (χ0n) is 14.2. The quantitative estimate of drug-likeness (QED) is 0.791. The number of piperidine rings is 1. The van der Waals surface area contributed by atoms with Crippen LogP contribution in [0.2, 0.25) is 0 Å². The second kappa shape index (κ2) is 7.40. The molecule has 1 atom stereocenters. The molecule has 0 spiro atoms. The first-order valence-electron chi connectivity index (χ1n) is 8.73. The van der Waals surface area contributed by atoms with Crippen LogP contribution in [-0.2, 0) is 11.2 Å². The zero-order chi connectivity index (χ0) is 18.1. The lowest BCUT2D eigenvalue weighted by Crippen LogP contribution is -2.49. The second-order valence-corrected chi connectivity index (χ2v) is 8.85. The minimum Gasteiger partial charge on any atom is -0.493 e. The third-order valence-electron chi connectivity index (χ3n) is 4.84. The van der Waals surface area contributed by atoms with Gasteiger partial charge in [0.15, 0.2) is 0 Å². The van der Waals surface area contributed by atoms with Gasteiger partial charge in [-0.2, -0.15) is 0 Å². The fraction of sp³-hybridized carbons (Fsp3) is 0.368. The Kier molecular flexibility index (Phi) is 5.00. The number of carbonyl (C=O) groups excluding carboxylic acids is 2. The Bertz CT molecular complexity index is 851. The van der Waals surface area contributed by atoms with E-state index in [4.69, 9.17) is 4.74 Å². The average Bonchev–Trinajstić information content (AvgIpc) is 3.29. The smallest absolute Gasteiger partial charge is 0.255 e. The van der Waals surface area contributed by atoms with Gasteiger partial charge in [-0.05, 0) is 65.0 Å².